The molecule has 0 amide bonds. The molecule has 2 N–H and O–H groups in total. The fourth-order valence-corrected chi connectivity index (χ4v) is 2.28. The summed E-state index contributed by atoms with van der Waals surface area (Å²) in [4.78, 5) is 0. The summed E-state index contributed by atoms with van der Waals surface area (Å²) in [6.07, 6.45) is 3.83. The molecule has 0 unspecified atom stereocenters. The fraction of sp³-hybridized carbons (Fsp3) is 0.500. The Kier molecular flexibility index (Phi) is 3.03. The average molecular weight is 270 g/mol. The number of phenols is 1. The summed E-state index contributed by atoms with van der Waals surface area (Å²) in [6, 6.07) is 5.38. The van der Waals surface area contributed by atoms with E-state index in [0.29, 0.717) is 11.3 Å². The van der Waals surface area contributed by atoms with Crippen molar-refractivity contribution in [1.82, 2.24) is 5.32 Å². The molecular formula is C12H16BrNO. The lowest BCUT2D eigenvalue weighted by molar-refractivity contribution is 0.206. The van der Waals surface area contributed by atoms with Gasteiger partial charge in [0.05, 0.1) is 0 Å². The highest BCUT2D eigenvalue weighted by Crippen LogP contribution is 2.32. The van der Waals surface area contributed by atoms with Crippen molar-refractivity contribution in [3.05, 3.63) is 28.2 Å². The first-order valence-corrected chi connectivity index (χ1v) is 6.11. The van der Waals surface area contributed by atoms with Crippen molar-refractivity contribution in [2.24, 2.45) is 0 Å². The van der Waals surface area contributed by atoms with Crippen molar-refractivity contribution in [2.75, 3.05) is 0 Å². The van der Waals surface area contributed by atoms with E-state index in [2.05, 4.69) is 28.2 Å². The van der Waals surface area contributed by atoms with Crippen molar-refractivity contribution in [1.29, 1.82) is 0 Å². The van der Waals surface area contributed by atoms with Crippen LogP contribution in [-0.4, -0.2) is 10.6 Å². The minimum atomic E-state index is 0.310. The Bertz CT molecular complexity index is 361. The van der Waals surface area contributed by atoms with E-state index in [1.54, 1.807) is 12.1 Å². The maximum absolute atomic E-state index is 9.39. The highest BCUT2D eigenvalue weighted by atomic mass is 79.9. The molecule has 0 bridgehead atoms. The third kappa shape index (κ3) is 2.52. The lowest BCUT2D eigenvalue weighted by Crippen LogP contribution is -2.47. The van der Waals surface area contributed by atoms with Crippen LogP contribution in [0.2, 0.25) is 0 Å². The van der Waals surface area contributed by atoms with E-state index in [4.69, 9.17) is 0 Å². The second-order valence-corrected chi connectivity index (χ2v) is 5.40. The van der Waals surface area contributed by atoms with Gasteiger partial charge in [-0.3, -0.25) is 0 Å². The molecule has 1 aliphatic rings. The molecule has 1 aromatic rings. The van der Waals surface area contributed by atoms with Crippen LogP contribution in [-0.2, 0) is 6.54 Å². The van der Waals surface area contributed by atoms with Gasteiger partial charge in [0, 0.05) is 16.6 Å². The summed E-state index contributed by atoms with van der Waals surface area (Å²) in [5, 5.41) is 12.9. The van der Waals surface area contributed by atoms with Crippen LogP contribution in [0.1, 0.15) is 31.7 Å². The number of benzene rings is 1. The Balaban J connectivity index is 2.01. The molecule has 2 nitrogen and oxygen atoms in total. The normalized spacial score (nSPS) is 18.5. The maximum Gasteiger partial charge on any atom is 0.115 e. The van der Waals surface area contributed by atoms with Gasteiger partial charge < -0.3 is 10.4 Å². The zero-order valence-electron chi connectivity index (χ0n) is 8.89. The lowest BCUT2D eigenvalue weighted by Gasteiger charge is -2.39. The molecule has 1 saturated carbocycles. The van der Waals surface area contributed by atoms with Crippen LogP contribution >= 0.6 is 15.9 Å². The summed E-state index contributed by atoms with van der Waals surface area (Å²) < 4.78 is 1.05. The highest BCUT2D eigenvalue weighted by Gasteiger charge is 2.30. The number of halogens is 1. The summed E-state index contributed by atoms with van der Waals surface area (Å²) in [5.41, 5.74) is 1.42. The molecule has 0 spiro atoms. The number of hydrogen-bond donors (Lipinski definition) is 2. The van der Waals surface area contributed by atoms with Crippen molar-refractivity contribution < 1.29 is 5.11 Å². The predicted octanol–water partition coefficient (Wildman–Crippen LogP) is 3.19. The molecule has 15 heavy (non-hydrogen) atoms. The second-order valence-electron chi connectivity index (χ2n) is 4.54. The SMILES string of the molecule is CC1(NCc2cc(O)ccc2Br)CCC1. The molecule has 0 heterocycles. The molecule has 0 radical (unpaired) electrons. The van der Waals surface area contributed by atoms with Gasteiger partial charge in [-0.2, -0.15) is 0 Å². The third-order valence-corrected chi connectivity index (χ3v) is 3.97. The number of hydrogen-bond acceptors (Lipinski definition) is 2. The van der Waals surface area contributed by atoms with Crippen molar-refractivity contribution in [3.63, 3.8) is 0 Å². The van der Waals surface area contributed by atoms with Gasteiger partial charge in [-0.15, -0.1) is 0 Å². The van der Waals surface area contributed by atoms with Gasteiger partial charge in [-0.25, -0.2) is 0 Å². The highest BCUT2D eigenvalue weighted by molar-refractivity contribution is 9.10. The van der Waals surface area contributed by atoms with E-state index in [-0.39, 0.29) is 0 Å². The summed E-state index contributed by atoms with van der Waals surface area (Å²) in [6.45, 7) is 3.07. The summed E-state index contributed by atoms with van der Waals surface area (Å²) >= 11 is 3.49. The monoisotopic (exact) mass is 269 g/mol. The summed E-state index contributed by atoms with van der Waals surface area (Å²) in [7, 11) is 0. The quantitative estimate of drug-likeness (QED) is 0.884. The molecule has 3 heteroatoms. The van der Waals surface area contributed by atoms with Crippen LogP contribution in [0.3, 0.4) is 0 Å². The van der Waals surface area contributed by atoms with Crippen LogP contribution in [0, 0.1) is 0 Å². The van der Waals surface area contributed by atoms with Gasteiger partial charge in [0.2, 0.25) is 0 Å². The van der Waals surface area contributed by atoms with Gasteiger partial charge in [-0.05, 0) is 49.9 Å². The zero-order chi connectivity index (χ0) is 10.9. The van der Waals surface area contributed by atoms with Crippen LogP contribution in [0.25, 0.3) is 0 Å². The van der Waals surface area contributed by atoms with Crippen molar-refractivity contribution >= 4 is 15.9 Å². The topological polar surface area (TPSA) is 32.3 Å². The molecule has 1 fully saturated rings. The Morgan fingerprint density at radius 2 is 2.20 bits per heavy atom. The predicted molar refractivity (Wildman–Crippen MR) is 64.9 cm³/mol. The second kappa shape index (κ2) is 4.14. The Morgan fingerprint density at radius 3 is 2.80 bits per heavy atom. The Hall–Kier alpha value is -0.540. The Labute approximate surface area is 98.8 Å². The minimum absolute atomic E-state index is 0.310. The van der Waals surface area contributed by atoms with E-state index in [1.165, 1.54) is 19.3 Å². The van der Waals surface area contributed by atoms with Crippen LogP contribution < -0.4 is 5.32 Å². The summed E-state index contributed by atoms with van der Waals surface area (Å²) in [5.74, 6) is 0.328. The van der Waals surface area contributed by atoms with E-state index in [0.717, 1.165) is 16.6 Å². The minimum Gasteiger partial charge on any atom is -0.508 e. The molecule has 82 valence electrons. The molecule has 0 atom stereocenters. The smallest absolute Gasteiger partial charge is 0.115 e. The van der Waals surface area contributed by atoms with E-state index < -0.39 is 0 Å². The van der Waals surface area contributed by atoms with Gasteiger partial charge in [0.25, 0.3) is 0 Å². The van der Waals surface area contributed by atoms with Crippen LogP contribution in [0.5, 0.6) is 5.75 Å². The van der Waals surface area contributed by atoms with Crippen molar-refractivity contribution in [3.8, 4) is 5.75 Å². The standard InChI is InChI=1S/C12H16BrNO/c1-12(5-2-6-12)14-8-9-7-10(15)3-4-11(9)13/h3-4,7,14-15H,2,5-6,8H2,1H3. The van der Waals surface area contributed by atoms with Crippen LogP contribution in [0.15, 0.2) is 22.7 Å². The number of rotatable bonds is 3. The average Bonchev–Trinajstić information content (AvgIpc) is 2.17. The van der Waals surface area contributed by atoms with Gasteiger partial charge in [0.15, 0.2) is 0 Å². The lowest BCUT2D eigenvalue weighted by atomic mass is 9.78. The first kappa shape index (κ1) is 11.0. The number of phenolic OH excluding ortho intramolecular Hbond substituents is 1. The van der Waals surface area contributed by atoms with E-state index in [9.17, 15) is 5.11 Å². The van der Waals surface area contributed by atoms with E-state index >= 15 is 0 Å². The third-order valence-electron chi connectivity index (χ3n) is 3.19. The molecular weight excluding hydrogens is 254 g/mol. The number of aromatic hydroxyl groups is 1. The van der Waals surface area contributed by atoms with Gasteiger partial charge >= 0.3 is 0 Å². The molecule has 0 aromatic heterocycles. The van der Waals surface area contributed by atoms with Crippen molar-refractivity contribution in [2.45, 2.75) is 38.3 Å². The fourth-order valence-electron chi connectivity index (χ4n) is 1.89. The molecule has 1 aromatic carbocycles. The maximum atomic E-state index is 9.39. The van der Waals surface area contributed by atoms with Gasteiger partial charge in [0.1, 0.15) is 5.75 Å². The Morgan fingerprint density at radius 1 is 1.47 bits per heavy atom. The molecule has 1 aliphatic carbocycles. The first-order chi connectivity index (χ1) is 7.09. The first-order valence-electron chi connectivity index (χ1n) is 5.31. The van der Waals surface area contributed by atoms with Gasteiger partial charge in [-0.1, -0.05) is 15.9 Å². The van der Waals surface area contributed by atoms with Crippen LogP contribution in [0.4, 0.5) is 0 Å². The number of nitrogens with one attached hydrogen (secondary N) is 1. The largest absolute Gasteiger partial charge is 0.508 e. The molecule has 0 saturated heterocycles. The molecule has 0 aliphatic heterocycles. The zero-order valence-corrected chi connectivity index (χ0v) is 10.5. The van der Waals surface area contributed by atoms with E-state index in [1.807, 2.05) is 6.07 Å². The molecule has 2 rings (SSSR count).